The third-order valence-electron chi connectivity index (χ3n) is 7.76. The van der Waals surface area contributed by atoms with Gasteiger partial charge >= 0.3 is 6.09 Å². The number of carbonyl (C=O) groups excluding carboxylic acids is 1. The van der Waals surface area contributed by atoms with Gasteiger partial charge in [0.1, 0.15) is 11.4 Å². The number of hydrogen-bond acceptors (Lipinski definition) is 5. The number of thiophene rings is 1. The van der Waals surface area contributed by atoms with Crippen LogP contribution in [0.1, 0.15) is 82.3 Å². The van der Waals surface area contributed by atoms with Crippen LogP contribution in [0.3, 0.4) is 0 Å². The Bertz CT molecular complexity index is 1370. The van der Waals surface area contributed by atoms with E-state index in [9.17, 15) is 4.79 Å². The average molecular weight is 529 g/mol. The predicted molar refractivity (Wildman–Crippen MR) is 155 cm³/mol. The van der Waals surface area contributed by atoms with Crippen LogP contribution in [-0.2, 0) is 4.74 Å². The van der Waals surface area contributed by atoms with Crippen molar-refractivity contribution in [2.24, 2.45) is 4.99 Å². The summed E-state index contributed by atoms with van der Waals surface area (Å²) < 4.78 is 5.65. The molecular formula is C31H36N4O2S. The summed E-state index contributed by atoms with van der Waals surface area (Å²) in [6.07, 6.45) is 11.6. The molecule has 1 aliphatic carbocycles. The zero-order valence-electron chi connectivity index (χ0n) is 22.5. The van der Waals surface area contributed by atoms with Gasteiger partial charge in [0.15, 0.2) is 0 Å². The fourth-order valence-corrected chi connectivity index (χ4v) is 6.84. The molecule has 0 bridgehead atoms. The molecule has 1 saturated heterocycles. The number of amides is 1. The second kappa shape index (κ2) is 10.2. The number of allylic oxidation sites excluding steroid dienone is 1. The molecule has 38 heavy (non-hydrogen) atoms. The van der Waals surface area contributed by atoms with E-state index in [1.165, 1.54) is 52.1 Å². The molecule has 1 atom stereocenters. The van der Waals surface area contributed by atoms with Crippen molar-refractivity contribution in [3.8, 4) is 21.7 Å². The first-order chi connectivity index (χ1) is 18.3. The molecule has 6 nitrogen and oxygen atoms in total. The molecule has 1 aromatic carbocycles. The molecule has 3 aromatic rings. The van der Waals surface area contributed by atoms with Gasteiger partial charge < -0.3 is 9.72 Å². The lowest BCUT2D eigenvalue weighted by atomic mass is 10.0. The summed E-state index contributed by atoms with van der Waals surface area (Å²) in [5.41, 5.74) is 5.28. The SMILES string of the molecule is CC(C)(C)OC(=O)N1CCC[C@H]1C1=NC=C(c2ccc(-c3ccc(-c4cnc(C5CCCC5)[nH]4)cc3)s2)C1. The maximum atomic E-state index is 12.7. The number of aromatic nitrogens is 2. The first-order valence-corrected chi connectivity index (χ1v) is 14.7. The van der Waals surface area contributed by atoms with E-state index in [-0.39, 0.29) is 12.1 Å². The number of benzene rings is 1. The highest BCUT2D eigenvalue weighted by molar-refractivity contribution is 7.16. The summed E-state index contributed by atoms with van der Waals surface area (Å²) in [5.74, 6) is 1.73. The summed E-state index contributed by atoms with van der Waals surface area (Å²) in [4.78, 5) is 30.1. The van der Waals surface area contributed by atoms with Crippen LogP contribution in [0.5, 0.6) is 0 Å². The van der Waals surface area contributed by atoms with Crippen molar-refractivity contribution in [3.63, 3.8) is 0 Å². The molecule has 6 rings (SSSR count). The second-order valence-electron chi connectivity index (χ2n) is 11.7. The summed E-state index contributed by atoms with van der Waals surface area (Å²) in [5, 5.41) is 0. The van der Waals surface area contributed by atoms with E-state index < -0.39 is 5.60 Å². The largest absolute Gasteiger partial charge is 0.444 e. The van der Waals surface area contributed by atoms with Crippen molar-refractivity contribution in [2.45, 2.75) is 83.3 Å². The Morgan fingerprint density at radius 1 is 1.00 bits per heavy atom. The Morgan fingerprint density at radius 3 is 2.50 bits per heavy atom. The molecule has 1 amide bonds. The number of likely N-dealkylation sites (tertiary alicyclic amines) is 1. The highest BCUT2D eigenvalue weighted by Gasteiger charge is 2.36. The number of aliphatic imine (C=N–C) groups is 1. The first kappa shape index (κ1) is 25.1. The highest BCUT2D eigenvalue weighted by atomic mass is 32.1. The molecule has 2 aliphatic heterocycles. The smallest absolute Gasteiger partial charge is 0.410 e. The molecule has 2 fully saturated rings. The number of imidazole rings is 1. The van der Waals surface area contributed by atoms with Crippen molar-refractivity contribution in [2.75, 3.05) is 6.54 Å². The van der Waals surface area contributed by atoms with E-state index in [2.05, 4.69) is 46.4 Å². The van der Waals surface area contributed by atoms with Gasteiger partial charge in [-0.1, -0.05) is 37.1 Å². The van der Waals surface area contributed by atoms with Gasteiger partial charge in [-0.25, -0.2) is 9.78 Å². The monoisotopic (exact) mass is 528 g/mol. The fourth-order valence-electron chi connectivity index (χ4n) is 5.82. The van der Waals surface area contributed by atoms with Gasteiger partial charge in [-0.05, 0) is 75.3 Å². The summed E-state index contributed by atoms with van der Waals surface area (Å²) >= 11 is 1.80. The summed E-state index contributed by atoms with van der Waals surface area (Å²) in [6.45, 7) is 6.46. The van der Waals surface area contributed by atoms with Gasteiger partial charge in [-0.2, -0.15) is 0 Å². The highest BCUT2D eigenvalue weighted by Crippen LogP contribution is 2.38. The number of carbonyl (C=O) groups is 1. The number of aromatic amines is 1. The zero-order chi connectivity index (χ0) is 26.3. The maximum absolute atomic E-state index is 12.7. The minimum atomic E-state index is -0.493. The fraction of sp³-hybridized carbons (Fsp3) is 0.452. The number of rotatable bonds is 5. The lowest BCUT2D eigenvalue weighted by Crippen LogP contribution is -2.43. The summed E-state index contributed by atoms with van der Waals surface area (Å²) in [6, 6.07) is 13.2. The van der Waals surface area contributed by atoms with Crippen LogP contribution in [-0.4, -0.2) is 44.9 Å². The van der Waals surface area contributed by atoms with Crippen molar-refractivity contribution in [1.29, 1.82) is 0 Å². The van der Waals surface area contributed by atoms with E-state index >= 15 is 0 Å². The quantitative estimate of drug-likeness (QED) is 0.364. The molecular weight excluding hydrogens is 492 g/mol. The Balaban J connectivity index is 1.10. The number of nitrogens with one attached hydrogen (secondary N) is 1. The van der Waals surface area contributed by atoms with Crippen LogP contribution >= 0.6 is 11.3 Å². The number of H-pyrrole nitrogens is 1. The number of hydrogen-bond donors (Lipinski definition) is 1. The lowest BCUT2D eigenvalue weighted by Gasteiger charge is -2.28. The van der Waals surface area contributed by atoms with Crippen molar-refractivity contribution < 1.29 is 9.53 Å². The van der Waals surface area contributed by atoms with Gasteiger partial charge in [0.2, 0.25) is 0 Å². The van der Waals surface area contributed by atoms with Gasteiger partial charge in [-0.3, -0.25) is 9.89 Å². The molecule has 198 valence electrons. The molecule has 0 unspecified atom stereocenters. The van der Waals surface area contributed by atoms with E-state index in [1.807, 2.05) is 38.1 Å². The third kappa shape index (κ3) is 5.21. The number of nitrogens with zero attached hydrogens (tertiary/aromatic N) is 3. The van der Waals surface area contributed by atoms with E-state index in [0.29, 0.717) is 5.92 Å². The predicted octanol–water partition coefficient (Wildman–Crippen LogP) is 8.05. The van der Waals surface area contributed by atoms with E-state index in [1.54, 1.807) is 11.3 Å². The van der Waals surface area contributed by atoms with Crippen LogP contribution < -0.4 is 0 Å². The first-order valence-electron chi connectivity index (χ1n) is 13.9. The van der Waals surface area contributed by atoms with Crippen molar-refractivity contribution in [3.05, 3.63) is 59.5 Å². The zero-order valence-corrected chi connectivity index (χ0v) is 23.3. The normalized spacial score (nSPS) is 20.2. The van der Waals surface area contributed by atoms with Gasteiger partial charge in [0.25, 0.3) is 0 Å². The van der Waals surface area contributed by atoms with Crippen molar-refractivity contribution in [1.82, 2.24) is 14.9 Å². The van der Waals surface area contributed by atoms with Crippen LogP contribution in [0.2, 0.25) is 0 Å². The van der Waals surface area contributed by atoms with Gasteiger partial charge in [0, 0.05) is 40.5 Å². The van der Waals surface area contributed by atoms with E-state index in [0.717, 1.165) is 43.0 Å². The topological polar surface area (TPSA) is 70.6 Å². The van der Waals surface area contributed by atoms with E-state index in [4.69, 9.17) is 9.73 Å². The standard InChI is InChI=1S/C31H36N4O2S/c1-31(2,3)37-30(36)35-16-6-9-26(35)24-17-23(18-32-24)28-15-14-27(38-28)21-12-10-20(11-13-21)25-19-33-29(34-25)22-7-4-5-8-22/h10-15,18-19,22,26H,4-9,16-17H2,1-3H3,(H,33,34)/t26-/m0/s1. The Hall–Kier alpha value is -3.19. The minimum Gasteiger partial charge on any atom is -0.444 e. The molecule has 0 radical (unpaired) electrons. The maximum Gasteiger partial charge on any atom is 0.410 e. The second-order valence-corrected chi connectivity index (χ2v) is 12.8. The molecule has 0 spiro atoms. The molecule has 7 heteroatoms. The summed E-state index contributed by atoms with van der Waals surface area (Å²) in [7, 11) is 0. The van der Waals surface area contributed by atoms with Gasteiger partial charge in [-0.15, -0.1) is 11.3 Å². The van der Waals surface area contributed by atoms with Crippen LogP contribution in [0, 0.1) is 0 Å². The average Bonchev–Trinajstić information content (AvgIpc) is 3.73. The Morgan fingerprint density at radius 2 is 1.74 bits per heavy atom. The minimum absolute atomic E-state index is 0.0299. The Kier molecular flexibility index (Phi) is 6.72. The van der Waals surface area contributed by atoms with Crippen LogP contribution in [0.15, 0.2) is 53.8 Å². The lowest BCUT2D eigenvalue weighted by molar-refractivity contribution is 0.0265. The molecule has 3 aliphatic rings. The van der Waals surface area contributed by atoms with Gasteiger partial charge in [0.05, 0.1) is 17.9 Å². The molecule has 2 aromatic heterocycles. The third-order valence-corrected chi connectivity index (χ3v) is 8.97. The van der Waals surface area contributed by atoms with Crippen molar-refractivity contribution >= 4 is 28.7 Å². The molecule has 1 N–H and O–H groups in total. The Labute approximate surface area is 228 Å². The number of ether oxygens (including phenoxy) is 1. The molecule has 4 heterocycles. The van der Waals surface area contributed by atoms with Crippen LogP contribution in [0.4, 0.5) is 4.79 Å². The molecule has 1 saturated carbocycles. The van der Waals surface area contributed by atoms with Crippen LogP contribution in [0.25, 0.3) is 27.3 Å².